The van der Waals surface area contributed by atoms with Crippen LogP contribution >= 0.6 is 0 Å². The molecular weight excluding hydrogens is 198 g/mol. The standard InChI is InChI=1S/C14H21NO/c1-5-12(6-2)15-14(16)13-9-10(3)7-8-11(13)4/h7-9,12H,5-6H2,1-4H3,(H,15,16). The van der Waals surface area contributed by atoms with Crippen LogP contribution in [0, 0.1) is 13.8 Å². The molecule has 0 aliphatic carbocycles. The van der Waals surface area contributed by atoms with Gasteiger partial charge in [-0.25, -0.2) is 0 Å². The molecule has 0 aromatic heterocycles. The van der Waals surface area contributed by atoms with Gasteiger partial charge in [0.15, 0.2) is 0 Å². The topological polar surface area (TPSA) is 29.1 Å². The third-order valence-electron chi connectivity index (χ3n) is 2.96. The van der Waals surface area contributed by atoms with Crippen molar-refractivity contribution >= 4 is 5.91 Å². The number of hydrogen-bond donors (Lipinski definition) is 1. The van der Waals surface area contributed by atoms with Crippen LogP contribution in [0.4, 0.5) is 0 Å². The van der Waals surface area contributed by atoms with E-state index in [1.807, 2.05) is 32.0 Å². The lowest BCUT2D eigenvalue weighted by molar-refractivity contribution is 0.0934. The Morgan fingerprint density at radius 1 is 1.25 bits per heavy atom. The molecule has 0 fully saturated rings. The van der Waals surface area contributed by atoms with Gasteiger partial charge in [0, 0.05) is 11.6 Å². The first-order valence-corrected chi connectivity index (χ1v) is 5.96. The number of rotatable bonds is 4. The van der Waals surface area contributed by atoms with Gasteiger partial charge in [0.05, 0.1) is 0 Å². The van der Waals surface area contributed by atoms with Crippen LogP contribution in [0.1, 0.15) is 48.2 Å². The molecule has 0 spiro atoms. The lowest BCUT2D eigenvalue weighted by Gasteiger charge is -2.16. The summed E-state index contributed by atoms with van der Waals surface area (Å²) >= 11 is 0. The Bertz CT molecular complexity index is 367. The Balaban J connectivity index is 2.83. The summed E-state index contributed by atoms with van der Waals surface area (Å²) < 4.78 is 0. The second-order valence-corrected chi connectivity index (χ2v) is 4.31. The minimum absolute atomic E-state index is 0.0508. The molecular formula is C14H21NO. The summed E-state index contributed by atoms with van der Waals surface area (Å²) in [6.07, 6.45) is 1.96. The van der Waals surface area contributed by atoms with Crippen molar-refractivity contribution in [3.8, 4) is 0 Å². The average molecular weight is 219 g/mol. The summed E-state index contributed by atoms with van der Waals surface area (Å²) in [6.45, 7) is 8.17. The van der Waals surface area contributed by atoms with Crippen LogP contribution in [-0.4, -0.2) is 11.9 Å². The first-order chi connectivity index (χ1) is 7.58. The van der Waals surface area contributed by atoms with E-state index in [0.29, 0.717) is 0 Å². The second kappa shape index (κ2) is 5.69. The monoisotopic (exact) mass is 219 g/mol. The van der Waals surface area contributed by atoms with E-state index >= 15 is 0 Å². The van der Waals surface area contributed by atoms with Gasteiger partial charge < -0.3 is 5.32 Å². The summed E-state index contributed by atoms with van der Waals surface area (Å²) in [5.41, 5.74) is 2.96. The number of aryl methyl sites for hydroxylation is 2. The molecule has 2 nitrogen and oxygen atoms in total. The second-order valence-electron chi connectivity index (χ2n) is 4.31. The molecule has 0 aliphatic heterocycles. The van der Waals surface area contributed by atoms with Gasteiger partial charge in [-0.3, -0.25) is 4.79 Å². The first kappa shape index (κ1) is 12.8. The summed E-state index contributed by atoms with van der Waals surface area (Å²) in [6, 6.07) is 6.26. The fourth-order valence-electron chi connectivity index (χ4n) is 1.74. The molecule has 1 N–H and O–H groups in total. The number of benzene rings is 1. The van der Waals surface area contributed by atoms with Crippen LogP contribution in [0.25, 0.3) is 0 Å². The van der Waals surface area contributed by atoms with E-state index in [4.69, 9.17) is 0 Å². The van der Waals surface area contributed by atoms with E-state index < -0.39 is 0 Å². The van der Waals surface area contributed by atoms with E-state index in [2.05, 4.69) is 19.2 Å². The molecule has 88 valence electrons. The van der Waals surface area contributed by atoms with E-state index in [1.165, 1.54) is 0 Å². The van der Waals surface area contributed by atoms with Crippen molar-refractivity contribution in [3.05, 3.63) is 34.9 Å². The molecule has 0 radical (unpaired) electrons. The Kier molecular flexibility index (Phi) is 4.53. The van der Waals surface area contributed by atoms with Gasteiger partial charge in [0.2, 0.25) is 0 Å². The fourth-order valence-corrected chi connectivity index (χ4v) is 1.74. The summed E-state index contributed by atoms with van der Waals surface area (Å²) in [5.74, 6) is 0.0508. The van der Waals surface area contributed by atoms with E-state index in [0.717, 1.165) is 29.5 Å². The normalized spacial score (nSPS) is 10.6. The summed E-state index contributed by atoms with van der Waals surface area (Å²) in [4.78, 5) is 12.0. The minimum atomic E-state index is 0.0508. The molecule has 0 saturated carbocycles. The van der Waals surface area contributed by atoms with Gasteiger partial charge in [0.1, 0.15) is 0 Å². The van der Waals surface area contributed by atoms with Crippen LogP contribution in [0.3, 0.4) is 0 Å². The quantitative estimate of drug-likeness (QED) is 0.827. The summed E-state index contributed by atoms with van der Waals surface area (Å²) in [5, 5.41) is 3.06. The highest BCUT2D eigenvalue weighted by molar-refractivity contribution is 5.95. The zero-order chi connectivity index (χ0) is 12.1. The number of amides is 1. The predicted octanol–water partition coefficient (Wildman–Crippen LogP) is 3.22. The minimum Gasteiger partial charge on any atom is -0.349 e. The Morgan fingerprint density at radius 2 is 1.88 bits per heavy atom. The van der Waals surface area contributed by atoms with Crippen molar-refractivity contribution in [1.82, 2.24) is 5.32 Å². The van der Waals surface area contributed by atoms with Gasteiger partial charge in [-0.15, -0.1) is 0 Å². The largest absolute Gasteiger partial charge is 0.349 e. The van der Waals surface area contributed by atoms with Crippen molar-refractivity contribution < 1.29 is 4.79 Å². The smallest absolute Gasteiger partial charge is 0.251 e. The van der Waals surface area contributed by atoms with E-state index in [1.54, 1.807) is 0 Å². The van der Waals surface area contributed by atoms with Crippen LogP contribution in [0.2, 0.25) is 0 Å². The molecule has 16 heavy (non-hydrogen) atoms. The number of hydrogen-bond acceptors (Lipinski definition) is 1. The molecule has 0 heterocycles. The molecule has 2 heteroatoms. The fraction of sp³-hybridized carbons (Fsp3) is 0.500. The average Bonchev–Trinajstić information content (AvgIpc) is 2.28. The van der Waals surface area contributed by atoms with Crippen LogP contribution in [0.5, 0.6) is 0 Å². The predicted molar refractivity (Wildman–Crippen MR) is 67.8 cm³/mol. The highest BCUT2D eigenvalue weighted by atomic mass is 16.1. The number of carbonyl (C=O) groups excluding carboxylic acids is 1. The highest BCUT2D eigenvalue weighted by Gasteiger charge is 2.12. The molecule has 1 aromatic carbocycles. The number of carbonyl (C=O) groups is 1. The van der Waals surface area contributed by atoms with Crippen molar-refractivity contribution in [1.29, 1.82) is 0 Å². The molecule has 0 bridgehead atoms. The van der Waals surface area contributed by atoms with Crippen LogP contribution < -0.4 is 5.32 Å². The molecule has 0 unspecified atom stereocenters. The molecule has 1 aromatic rings. The molecule has 1 rings (SSSR count). The lowest BCUT2D eigenvalue weighted by atomic mass is 10.0. The van der Waals surface area contributed by atoms with Gasteiger partial charge >= 0.3 is 0 Å². The zero-order valence-corrected chi connectivity index (χ0v) is 10.6. The van der Waals surface area contributed by atoms with E-state index in [9.17, 15) is 4.79 Å². The SMILES string of the molecule is CCC(CC)NC(=O)c1cc(C)ccc1C. The summed E-state index contributed by atoms with van der Waals surface area (Å²) in [7, 11) is 0. The van der Waals surface area contributed by atoms with Crippen molar-refractivity contribution in [2.45, 2.75) is 46.6 Å². The van der Waals surface area contributed by atoms with Crippen molar-refractivity contribution in [2.75, 3.05) is 0 Å². The van der Waals surface area contributed by atoms with Crippen molar-refractivity contribution in [2.24, 2.45) is 0 Å². The van der Waals surface area contributed by atoms with Crippen molar-refractivity contribution in [3.63, 3.8) is 0 Å². The lowest BCUT2D eigenvalue weighted by Crippen LogP contribution is -2.34. The van der Waals surface area contributed by atoms with E-state index in [-0.39, 0.29) is 11.9 Å². The maximum absolute atomic E-state index is 12.0. The van der Waals surface area contributed by atoms with Gasteiger partial charge in [-0.1, -0.05) is 31.5 Å². The zero-order valence-electron chi connectivity index (χ0n) is 10.6. The third-order valence-corrected chi connectivity index (χ3v) is 2.96. The number of nitrogens with one attached hydrogen (secondary N) is 1. The Morgan fingerprint density at radius 3 is 2.44 bits per heavy atom. The third kappa shape index (κ3) is 3.09. The Labute approximate surface area is 98.1 Å². The highest BCUT2D eigenvalue weighted by Crippen LogP contribution is 2.11. The molecule has 0 saturated heterocycles. The van der Waals surface area contributed by atoms with Crippen LogP contribution in [-0.2, 0) is 0 Å². The van der Waals surface area contributed by atoms with Gasteiger partial charge in [0.25, 0.3) is 5.91 Å². The maximum atomic E-state index is 12.0. The van der Waals surface area contributed by atoms with Crippen LogP contribution in [0.15, 0.2) is 18.2 Å². The maximum Gasteiger partial charge on any atom is 0.251 e. The molecule has 0 atom stereocenters. The Hall–Kier alpha value is -1.31. The van der Waals surface area contributed by atoms with Gasteiger partial charge in [-0.05, 0) is 38.3 Å². The first-order valence-electron chi connectivity index (χ1n) is 5.96. The van der Waals surface area contributed by atoms with Gasteiger partial charge in [-0.2, -0.15) is 0 Å². The molecule has 1 amide bonds. The molecule has 0 aliphatic rings.